The highest BCUT2D eigenvalue weighted by molar-refractivity contribution is 5.82. The average molecular weight is 266 g/mol. The molecule has 1 saturated carbocycles. The molecule has 1 aliphatic heterocycles. The summed E-state index contributed by atoms with van der Waals surface area (Å²) in [5.41, 5.74) is -0.232. The predicted octanol–water partition coefficient (Wildman–Crippen LogP) is 4.37. The van der Waals surface area contributed by atoms with Crippen molar-refractivity contribution in [3.8, 4) is 0 Å². The van der Waals surface area contributed by atoms with Crippen LogP contribution in [0.25, 0.3) is 0 Å². The molecule has 110 valence electrons. The van der Waals surface area contributed by atoms with Gasteiger partial charge >= 0.3 is 0 Å². The molecule has 1 heterocycles. The number of Topliss-reactive ketones (excluding diaryl/α,β-unsaturated/α-hetero) is 1. The summed E-state index contributed by atoms with van der Waals surface area (Å²) in [5.74, 6) is 1.88. The van der Waals surface area contributed by atoms with E-state index < -0.39 is 0 Å². The molecule has 3 atom stereocenters. The lowest BCUT2D eigenvalue weighted by Crippen LogP contribution is -2.39. The second-order valence-electron chi connectivity index (χ2n) is 7.78. The van der Waals surface area contributed by atoms with Crippen LogP contribution in [-0.4, -0.2) is 17.0 Å². The normalized spacial score (nSPS) is 37.5. The molecule has 2 fully saturated rings. The highest BCUT2D eigenvalue weighted by atomic mass is 16.5. The van der Waals surface area contributed by atoms with Gasteiger partial charge in [0.2, 0.25) is 0 Å². The zero-order chi connectivity index (χ0) is 14.3. The fourth-order valence-electron chi connectivity index (χ4n) is 4.43. The van der Waals surface area contributed by atoms with Crippen LogP contribution in [0.15, 0.2) is 0 Å². The van der Waals surface area contributed by atoms with Gasteiger partial charge in [-0.2, -0.15) is 0 Å². The summed E-state index contributed by atoms with van der Waals surface area (Å²) < 4.78 is 6.19. The van der Waals surface area contributed by atoms with Gasteiger partial charge < -0.3 is 4.74 Å². The lowest BCUT2D eigenvalue weighted by Gasteiger charge is -2.37. The topological polar surface area (TPSA) is 26.3 Å². The molecule has 0 bridgehead atoms. The average Bonchev–Trinajstić information content (AvgIpc) is 2.50. The van der Waals surface area contributed by atoms with Crippen LogP contribution in [0.3, 0.4) is 0 Å². The quantitative estimate of drug-likeness (QED) is 0.758. The summed E-state index contributed by atoms with van der Waals surface area (Å²) in [6, 6.07) is 0. The summed E-state index contributed by atoms with van der Waals surface area (Å²) in [6.45, 7) is 10.9. The first-order valence-corrected chi connectivity index (χ1v) is 7.98. The highest BCUT2D eigenvalue weighted by Crippen LogP contribution is 2.49. The Balaban J connectivity index is 2.12. The van der Waals surface area contributed by atoms with E-state index in [1.807, 2.05) is 0 Å². The van der Waals surface area contributed by atoms with E-state index in [0.29, 0.717) is 11.7 Å². The minimum atomic E-state index is -0.155. The zero-order valence-electron chi connectivity index (χ0n) is 13.3. The van der Waals surface area contributed by atoms with Crippen LogP contribution in [0.4, 0.5) is 0 Å². The molecule has 0 aromatic carbocycles. The molecule has 2 heteroatoms. The van der Waals surface area contributed by atoms with E-state index in [1.165, 1.54) is 12.8 Å². The van der Waals surface area contributed by atoms with Crippen LogP contribution < -0.4 is 0 Å². The van der Waals surface area contributed by atoms with Gasteiger partial charge in [-0.05, 0) is 58.8 Å². The van der Waals surface area contributed by atoms with E-state index in [2.05, 4.69) is 34.6 Å². The molecule has 0 aromatic rings. The van der Waals surface area contributed by atoms with Gasteiger partial charge in [0, 0.05) is 12.3 Å². The number of ketones is 1. The maximum Gasteiger partial charge on any atom is 0.136 e. The zero-order valence-corrected chi connectivity index (χ0v) is 13.3. The number of rotatable bonds is 3. The van der Waals surface area contributed by atoms with Crippen LogP contribution in [0.2, 0.25) is 0 Å². The third kappa shape index (κ3) is 3.21. The lowest BCUT2D eigenvalue weighted by atomic mass is 9.67. The second kappa shape index (κ2) is 5.20. The van der Waals surface area contributed by atoms with E-state index in [1.54, 1.807) is 0 Å². The van der Waals surface area contributed by atoms with Crippen molar-refractivity contribution in [2.45, 2.75) is 84.3 Å². The van der Waals surface area contributed by atoms with E-state index in [-0.39, 0.29) is 17.1 Å². The van der Waals surface area contributed by atoms with Crippen molar-refractivity contribution in [1.29, 1.82) is 0 Å². The third-order valence-electron chi connectivity index (χ3n) is 5.13. The number of ether oxygens (including phenoxy) is 1. The molecule has 0 spiro atoms. The van der Waals surface area contributed by atoms with Crippen molar-refractivity contribution in [1.82, 2.24) is 0 Å². The van der Waals surface area contributed by atoms with Crippen molar-refractivity contribution < 1.29 is 9.53 Å². The summed E-state index contributed by atoms with van der Waals surface area (Å²) in [7, 11) is 0. The van der Waals surface area contributed by atoms with Crippen LogP contribution >= 0.6 is 0 Å². The van der Waals surface area contributed by atoms with E-state index >= 15 is 0 Å². The van der Waals surface area contributed by atoms with E-state index in [4.69, 9.17) is 4.74 Å². The molecule has 1 aliphatic carbocycles. The highest BCUT2D eigenvalue weighted by Gasteiger charge is 2.51. The molecule has 0 aromatic heterocycles. The molecule has 0 amide bonds. The van der Waals surface area contributed by atoms with Crippen molar-refractivity contribution in [2.75, 3.05) is 0 Å². The number of hydrogen-bond acceptors (Lipinski definition) is 2. The maximum atomic E-state index is 12.4. The van der Waals surface area contributed by atoms with Crippen LogP contribution in [0, 0.1) is 17.8 Å². The Morgan fingerprint density at radius 1 is 1.26 bits per heavy atom. The Hall–Kier alpha value is -0.370. The molecule has 2 nitrogen and oxygen atoms in total. The van der Waals surface area contributed by atoms with Crippen LogP contribution in [-0.2, 0) is 9.53 Å². The van der Waals surface area contributed by atoms with Gasteiger partial charge in [0.05, 0.1) is 11.2 Å². The molecule has 0 N–H and O–H groups in total. The fraction of sp³-hybridized carbons (Fsp3) is 0.941. The van der Waals surface area contributed by atoms with E-state index in [9.17, 15) is 4.79 Å². The first-order valence-electron chi connectivity index (χ1n) is 7.98. The minimum absolute atomic E-state index is 0.0772. The van der Waals surface area contributed by atoms with Crippen LogP contribution in [0.1, 0.15) is 73.1 Å². The van der Waals surface area contributed by atoms with Crippen molar-refractivity contribution in [3.63, 3.8) is 0 Å². The minimum Gasteiger partial charge on any atom is -0.369 e. The Bertz CT molecular complexity index is 343. The monoisotopic (exact) mass is 266 g/mol. The van der Waals surface area contributed by atoms with Crippen molar-refractivity contribution >= 4 is 5.78 Å². The van der Waals surface area contributed by atoms with Crippen molar-refractivity contribution in [3.05, 3.63) is 0 Å². The molecule has 1 saturated heterocycles. The molecular formula is C17H30O2. The number of carbonyl (C=O) groups excluding carboxylic acids is 1. The summed E-state index contributed by atoms with van der Waals surface area (Å²) in [4.78, 5) is 12.4. The van der Waals surface area contributed by atoms with Crippen LogP contribution in [0.5, 0.6) is 0 Å². The second-order valence-corrected chi connectivity index (χ2v) is 7.78. The SMILES string of the molecule is CCCC1CCC(=O)C(C2CC(C)(C)OC2(C)C)C1. The molecule has 19 heavy (non-hydrogen) atoms. The van der Waals surface area contributed by atoms with Gasteiger partial charge in [-0.3, -0.25) is 4.79 Å². The Labute approximate surface area is 118 Å². The standard InChI is InChI=1S/C17H30O2/c1-6-7-12-8-9-15(18)13(10-12)14-11-16(2,3)19-17(14,4)5/h12-14H,6-11H2,1-5H3. The third-order valence-corrected chi connectivity index (χ3v) is 5.13. The molecule has 2 rings (SSSR count). The first kappa shape index (κ1) is 15.0. The van der Waals surface area contributed by atoms with Gasteiger partial charge in [0.25, 0.3) is 0 Å². The molecule has 2 aliphatic rings. The van der Waals surface area contributed by atoms with Gasteiger partial charge in [-0.15, -0.1) is 0 Å². The Morgan fingerprint density at radius 2 is 1.95 bits per heavy atom. The fourth-order valence-corrected chi connectivity index (χ4v) is 4.43. The Morgan fingerprint density at radius 3 is 2.47 bits per heavy atom. The maximum absolute atomic E-state index is 12.4. The summed E-state index contributed by atoms with van der Waals surface area (Å²) in [5, 5.41) is 0. The predicted molar refractivity (Wildman–Crippen MR) is 78.1 cm³/mol. The van der Waals surface area contributed by atoms with E-state index in [0.717, 1.165) is 31.6 Å². The lowest BCUT2D eigenvalue weighted by molar-refractivity contribution is -0.132. The number of hydrogen-bond donors (Lipinski definition) is 0. The molecule has 3 unspecified atom stereocenters. The molecule has 0 radical (unpaired) electrons. The van der Waals surface area contributed by atoms with Crippen molar-refractivity contribution in [2.24, 2.45) is 17.8 Å². The van der Waals surface area contributed by atoms with Gasteiger partial charge in [0.1, 0.15) is 5.78 Å². The first-order chi connectivity index (χ1) is 8.75. The number of carbonyl (C=O) groups is 1. The van der Waals surface area contributed by atoms with Gasteiger partial charge in [0.15, 0.2) is 0 Å². The summed E-state index contributed by atoms with van der Waals surface area (Å²) >= 11 is 0. The van der Waals surface area contributed by atoms with Gasteiger partial charge in [-0.25, -0.2) is 0 Å². The van der Waals surface area contributed by atoms with Gasteiger partial charge in [-0.1, -0.05) is 19.8 Å². The Kier molecular flexibility index (Phi) is 4.11. The largest absolute Gasteiger partial charge is 0.369 e. The molecular weight excluding hydrogens is 236 g/mol. The summed E-state index contributed by atoms with van der Waals surface area (Å²) in [6.07, 6.45) is 6.54. The smallest absolute Gasteiger partial charge is 0.136 e.